The average molecular weight is 189 g/mol. The van der Waals surface area contributed by atoms with E-state index in [1.54, 1.807) is 6.92 Å². The van der Waals surface area contributed by atoms with Gasteiger partial charge in [0.1, 0.15) is 0 Å². The summed E-state index contributed by atoms with van der Waals surface area (Å²) in [6.45, 7) is 2.98. The maximum absolute atomic E-state index is 12.5. The van der Waals surface area contributed by atoms with Crippen molar-refractivity contribution < 1.29 is 13.2 Å². The van der Waals surface area contributed by atoms with Crippen LogP contribution in [0.3, 0.4) is 0 Å². The molecule has 0 N–H and O–H groups in total. The highest BCUT2D eigenvalue weighted by molar-refractivity contribution is 6.20. The second-order valence-corrected chi connectivity index (χ2v) is 2.53. The Morgan fingerprint density at radius 2 is 2.00 bits per heavy atom. The van der Waals surface area contributed by atoms with Crippen LogP contribution in [-0.4, -0.2) is 24.1 Å². The molecule has 2 atom stereocenters. The molecule has 0 aliphatic rings. The van der Waals surface area contributed by atoms with Gasteiger partial charge in [0, 0.05) is 0 Å². The first-order chi connectivity index (χ1) is 4.92. The van der Waals surface area contributed by atoms with Gasteiger partial charge in [0.2, 0.25) is 5.63 Å². The third kappa shape index (κ3) is 2.87. The molecule has 0 fully saturated rings. The lowest BCUT2D eigenvalue weighted by Gasteiger charge is -2.34. The first kappa shape index (κ1) is 11.0. The number of alkyl halides is 4. The molecule has 11 heavy (non-hydrogen) atoms. The molecule has 1 nitrogen and oxygen atoms in total. The predicted molar refractivity (Wildman–Crippen MR) is 39.1 cm³/mol. The number of hydrogen-bond donors (Lipinski definition) is 0. The van der Waals surface area contributed by atoms with Crippen LogP contribution in [0.5, 0.6) is 0 Å². The Morgan fingerprint density at radius 1 is 1.55 bits per heavy atom. The Kier molecular flexibility index (Phi) is 4.18. The molecule has 0 saturated heterocycles. The van der Waals surface area contributed by atoms with Crippen molar-refractivity contribution in [3.63, 3.8) is 0 Å². The van der Waals surface area contributed by atoms with Gasteiger partial charge in [0.25, 0.3) is 5.92 Å². The van der Waals surface area contributed by atoms with Crippen LogP contribution >= 0.6 is 11.6 Å². The third-order valence-corrected chi connectivity index (χ3v) is 1.60. The molecule has 0 saturated carbocycles. The van der Waals surface area contributed by atoms with Crippen molar-refractivity contribution in [1.29, 1.82) is 0 Å². The molecule has 0 aliphatic heterocycles. The Balaban J connectivity index is 4.05. The van der Waals surface area contributed by atoms with E-state index in [2.05, 4.69) is 16.9 Å². The van der Waals surface area contributed by atoms with Gasteiger partial charge in [-0.25, -0.2) is 13.2 Å². The van der Waals surface area contributed by atoms with Crippen LogP contribution in [0.15, 0.2) is 0 Å². The minimum Gasteiger partial charge on any atom is -0.655 e. The second kappa shape index (κ2) is 4.16. The molecule has 0 aliphatic carbocycles. The van der Waals surface area contributed by atoms with Gasteiger partial charge in [-0.3, -0.25) is 0 Å². The lowest BCUT2D eigenvalue weighted by atomic mass is 10.2. The van der Waals surface area contributed by atoms with Gasteiger partial charge in [-0.1, -0.05) is 31.5 Å². The topological polar surface area (TPSA) is 14.1 Å². The lowest BCUT2D eigenvalue weighted by Crippen LogP contribution is -2.37. The summed E-state index contributed by atoms with van der Waals surface area (Å²) in [5.41, 5.74) is -2.66. The molecule has 0 bridgehead atoms. The van der Waals surface area contributed by atoms with Crippen molar-refractivity contribution in [2.24, 2.45) is 0 Å². The average Bonchev–Trinajstić information content (AvgIpc) is 1.88. The van der Waals surface area contributed by atoms with E-state index in [1.165, 1.54) is 0 Å². The van der Waals surface area contributed by atoms with E-state index in [0.717, 1.165) is 6.92 Å². The molecule has 5 heteroatoms. The zero-order valence-electron chi connectivity index (χ0n) is 6.32. The van der Waals surface area contributed by atoms with Crippen molar-refractivity contribution in [1.82, 2.24) is 0 Å². The van der Waals surface area contributed by atoms with Crippen LogP contribution in [-0.2, 0) is 0 Å². The minimum atomic E-state index is -3.56. The molecule has 68 valence electrons. The zero-order chi connectivity index (χ0) is 9.07. The zero-order valence-corrected chi connectivity index (χ0v) is 7.08. The highest BCUT2D eigenvalue weighted by Gasteiger charge is 2.39. The fourth-order valence-electron chi connectivity index (χ4n) is 0.578. The lowest BCUT2D eigenvalue weighted by molar-refractivity contribution is -0.0502. The van der Waals surface area contributed by atoms with E-state index < -0.39 is 17.6 Å². The van der Waals surface area contributed by atoms with Gasteiger partial charge in [-0.15, -0.1) is 0 Å². The molecule has 2 unspecified atom stereocenters. The molecule has 0 spiro atoms. The van der Waals surface area contributed by atoms with Gasteiger partial charge >= 0.3 is 0 Å². The molecule has 0 radical (unpaired) electrons. The summed E-state index contributed by atoms with van der Waals surface area (Å²) in [5, 5.41) is 3.44. The van der Waals surface area contributed by atoms with Crippen molar-refractivity contribution in [2.75, 3.05) is 6.54 Å². The largest absolute Gasteiger partial charge is 0.655 e. The normalized spacial score (nSPS) is 18.0. The van der Waals surface area contributed by atoms with E-state index in [1.807, 2.05) is 0 Å². The maximum atomic E-state index is 12.5. The number of hydrogen-bond acceptors (Lipinski definition) is 0. The SMILES string of the molecule is CC[N-]C(C)C(F)(F)C(F)Cl. The number of rotatable bonds is 4. The smallest absolute Gasteiger partial charge is 0.276 e. The summed E-state index contributed by atoms with van der Waals surface area (Å²) in [7, 11) is 0. The fourth-order valence-corrected chi connectivity index (χ4v) is 0.760. The molecule has 0 amide bonds. The van der Waals surface area contributed by atoms with Crippen LogP contribution in [0, 0.1) is 0 Å². The summed E-state index contributed by atoms with van der Waals surface area (Å²) in [4.78, 5) is 0. The van der Waals surface area contributed by atoms with Gasteiger partial charge in [-0.05, 0) is 0 Å². The van der Waals surface area contributed by atoms with Gasteiger partial charge in [0.05, 0.1) is 0 Å². The molecule has 0 heterocycles. The van der Waals surface area contributed by atoms with E-state index in [-0.39, 0.29) is 6.54 Å². The van der Waals surface area contributed by atoms with Crippen LogP contribution < -0.4 is 0 Å². The summed E-state index contributed by atoms with van der Waals surface area (Å²) in [6.07, 6.45) is 0. The first-order valence-electron chi connectivity index (χ1n) is 3.25. The molecular formula is C6H10ClF3N-. The molecule has 0 rings (SSSR count). The van der Waals surface area contributed by atoms with Crippen LogP contribution in [0.4, 0.5) is 13.2 Å². The van der Waals surface area contributed by atoms with Gasteiger partial charge in [-0.2, -0.15) is 6.54 Å². The van der Waals surface area contributed by atoms with E-state index >= 15 is 0 Å². The Bertz CT molecular complexity index is 118. The Morgan fingerprint density at radius 3 is 2.27 bits per heavy atom. The van der Waals surface area contributed by atoms with Crippen molar-refractivity contribution in [3.05, 3.63) is 5.32 Å². The Hall–Kier alpha value is 0.0400. The Labute approximate surface area is 68.9 Å². The fraction of sp³-hybridized carbons (Fsp3) is 1.00. The summed E-state index contributed by atoms with van der Waals surface area (Å²) >= 11 is 4.62. The van der Waals surface area contributed by atoms with E-state index in [9.17, 15) is 13.2 Å². The molecule has 0 aromatic heterocycles. The quantitative estimate of drug-likeness (QED) is 0.603. The summed E-state index contributed by atoms with van der Waals surface area (Å²) in [5.74, 6) is -3.56. The predicted octanol–water partition coefficient (Wildman–Crippen LogP) is 2.94. The van der Waals surface area contributed by atoms with Crippen molar-refractivity contribution in [2.45, 2.75) is 31.4 Å². The first-order valence-corrected chi connectivity index (χ1v) is 3.69. The van der Waals surface area contributed by atoms with E-state index in [0.29, 0.717) is 0 Å². The minimum absolute atomic E-state index is 0.236. The van der Waals surface area contributed by atoms with E-state index in [4.69, 9.17) is 0 Å². The second-order valence-electron chi connectivity index (χ2n) is 2.15. The standard InChI is InChI=1S/C6H10ClF3N/c1-3-11-4(2)6(9,10)5(7)8/h4-5H,3H2,1-2H3/q-1. The number of halogens is 4. The summed E-state index contributed by atoms with van der Waals surface area (Å²) in [6, 6.07) is -1.36. The molecular weight excluding hydrogens is 179 g/mol. The highest BCUT2D eigenvalue weighted by Crippen LogP contribution is 2.31. The maximum Gasteiger partial charge on any atom is 0.276 e. The van der Waals surface area contributed by atoms with Gasteiger partial charge < -0.3 is 5.32 Å². The molecule has 0 aromatic rings. The van der Waals surface area contributed by atoms with Crippen molar-refractivity contribution in [3.8, 4) is 0 Å². The summed E-state index contributed by atoms with van der Waals surface area (Å²) < 4.78 is 37.1. The monoisotopic (exact) mass is 188 g/mol. The van der Waals surface area contributed by atoms with Crippen LogP contribution in [0.25, 0.3) is 5.32 Å². The molecule has 0 aromatic carbocycles. The highest BCUT2D eigenvalue weighted by atomic mass is 35.5. The van der Waals surface area contributed by atoms with Crippen LogP contribution in [0.1, 0.15) is 13.8 Å². The third-order valence-electron chi connectivity index (χ3n) is 1.30. The van der Waals surface area contributed by atoms with Gasteiger partial charge in [0.15, 0.2) is 0 Å². The van der Waals surface area contributed by atoms with Crippen molar-refractivity contribution >= 4 is 11.6 Å². The van der Waals surface area contributed by atoms with Crippen LogP contribution in [0.2, 0.25) is 0 Å². The number of nitrogens with zero attached hydrogens (tertiary/aromatic N) is 1.